The quantitative estimate of drug-likeness (QED) is 0.691. The molecule has 0 fully saturated rings. The molecule has 0 heterocycles. The van der Waals surface area contributed by atoms with E-state index >= 15 is 0 Å². The first kappa shape index (κ1) is 14.7. The van der Waals surface area contributed by atoms with Crippen LogP contribution in [0, 0.1) is 0 Å². The van der Waals surface area contributed by atoms with E-state index in [1.165, 1.54) is 18.2 Å². The van der Waals surface area contributed by atoms with Gasteiger partial charge in [-0.25, -0.2) is 0 Å². The van der Waals surface area contributed by atoms with Gasteiger partial charge in [0.05, 0.1) is 12.1 Å². The zero-order valence-corrected chi connectivity index (χ0v) is 12.6. The van der Waals surface area contributed by atoms with Crippen molar-refractivity contribution in [3.63, 3.8) is 0 Å². The van der Waals surface area contributed by atoms with Crippen molar-refractivity contribution in [1.82, 2.24) is 0 Å². The number of para-hydroxylation sites is 1. The predicted molar refractivity (Wildman–Crippen MR) is 82.0 cm³/mol. The molecule has 4 nitrogen and oxygen atoms in total. The molecule has 0 bridgehead atoms. The van der Waals surface area contributed by atoms with Crippen LogP contribution in [0.15, 0.2) is 46.9 Å². The molecule has 0 aliphatic heterocycles. The van der Waals surface area contributed by atoms with E-state index in [-0.39, 0.29) is 18.1 Å². The zero-order chi connectivity index (χ0) is 14.8. The second-order valence-corrected chi connectivity index (χ2v) is 5.69. The average Bonchev–Trinajstić information content (AvgIpc) is 2.40. The van der Waals surface area contributed by atoms with Gasteiger partial charge in [-0.05, 0) is 52.7 Å². The van der Waals surface area contributed by atoms with Gasteiger partial charge in [0.25, 0.3) is 0 Å². The minimum Gasteiger partial charge on any atom is -0.508 e. The van der Waals surface area contributed by atoms with Gasteiger partial charge in [-0.15, -0.1) is 0 Å². The van der Waals surface area contributed by atoms with E-state index in [2.05, 4.69) is 21.2 Å². The van der Waals surface area contributed by atoms with Crippen LogP contribution >= 0.6 is 15.9 Å². The van der Waals surface area contributed by atoms with Gasteiger partial charge in [0.1, 0.15) is 11.5 Å². The lowest BCUT2D eigenvalue weighted by Crippen LogP contribution is -2.35. The summed E-state index contributed by atoms with van der Waals surface area (Å²) in [7, 11) is 0. The summed E-state index contributed by atoms with van der Waals surface area (Å²) in [5.41, 5.74) is 0.570. The number of aromatic hydroxyl groups is 2. The van der Waals surface area contributed by atoms with Gasteiger partial charge in [0.15, 0.2) is 0 Å². The maximum Gasteiger partial charge on any atom is 0.119 e. The highest BCUT2D eigenvalue weighted by Crippen LogP contribution is 2.33. The van der Waals surface area contributed by atoms with Crippen molar-refractivity contribution in [2.75, 3.05) is 11.9 Å². The van der Waals surface area contributed by atoms with Gasteiger partial charge in [0, 0.05) is 16.2 Å². The first-order valence-corrected chi connectivity index (χ1v) is 6.91. The topological polar surface area (TPSA) is 72.7 Å². The monoisotopic (exact) mass is 337 g/mol. The van der Waals surface area contributed by atoms with Gasteiger partial charge in [-0.1, -0.05) is 12.1 Å². The molecule has 0 saturated carbocycles. The SMILES string of the molecule is CC(CO)(Nc1ccccc1Br)c1cc(O)cc(O)c1. The third kappa shape index (κ3) is 3.05. The smallest absolute Gasteiger partial charge is 0.119 e. The number of halogens is 1. The fourth-order valence-corrected chi connectivity index (χ4v) is 2.36. The minimum absolute atomic E-state index is 0.0476. The van der Waals surface area contributed by atoms with Gasteiger partial charge >= 0.3 is 0 Å². The first-order chi connectivity index (χ1) is 9.44. The number of phenols is 2. The predicted octanol–water partition coefficient (Wildman–Crippen LogP) is 3.18. The van der Waals surface area contributed by atoms with Crippen molar-refractivity contribution >= 4 is 21.6 Å². The van der Waals surface area contributed by atoms with Crippen molar-refractivity contribution in [3.8, 4) is 11.5 Å². The number of nitrogens with one attached hydrogen (secondary N) is 1. The highest BCUT2D eigenvalue weighted by atomic mass is 79.9. The summed E-state index contributed by atoms with van der Waals surface area (Å²) in [4.78, 5) is 0. The van der Waals surface area contributed by atoms with Gasteiger partial charge in [0.2, 0.25) is 0 Å². The third-order valence-electron chi connectivity index (χ3n) is 3.14. The van der Waals surface area contributed by atoms with Crippen LogP contribution in [0.5, 0.6) is 11.5 Å². The Morgan fingerprint density at radius 3 is 2.25 bits per heavy atom. The molecule has 4 N–H and O–H groups in total. The maximum atomic E-state index is 9.73. The van der Waals surface area contributed by atoms with E-state index in [1.807, 2.05) is 24.3 Å². The van der Waals surface area contributed by atoms with Crippen molar-refractivity contribution in [2.24, 2.45) is 0 Å². The molecule has 2 aromatic carbocycles. The fraction of sp³-hybridized carbons (Fsp3) is 0.200. The van der Waals surface area contributed by atoms with E-state index in [0.29, 0.717) is 5.56 Å². The summed E-state index contributed by atoms with van der Waals surface area (Å²) in [5, 5.41) is 32.1. The van der Waals surface area contributed by atoms with Crippen LogP contribution in [0.2, 0.25) is 0 Å². The van der Waals surface area contributed by atoms with Crippen LogP contribution in [0.1, 0.15) is 12.5 Å². The molecule has 0 amide bonds. The Balaban J connectivity index is 2.41. The van der Waals surface area contributed by atoms with Crippen LogP contribution < -0.4 is 5.32 Å². The number of aliphatic hydroxyl groups is 1. The lowest BCUT2D eigenvalue weighted by atomic mass is 9.92. The largest absolute Gasteiger partial charge is 0.508 e. The molecule has 1 unspecified atom stereocenters. The van der Waals surface area contributed by atoms with Gasteiger partial charge in [-0.3, -0.25) is 0 Å². The number of hydrogen-bond donors (Lipinski definition) is 4. The van der Waals surface area contributed by atoms with E-state index in [1.54, 1.807) is 6.92 Å². The third-order valence-corrected chi connectivity index (χ3v) is 3.83. The molecule has 0 spiro atoms. The van der Waals surface area contributed by atoms with Crippen LogP contribution in [-0.2, 0) is 5.54 Å². The molecule has 0 aliphatic carbocycles. The number of hydrogen-bond acceptors (Lipinski definition) is 4. The van der Waals surface area contributed by atoms with Crippen molar-refractivity contribution in [1.29, 1.82) is 0 Å². The van der Waals surface area contributed by atoms with Crippen molar-refractivity contribution < 1.29 is 15.3 Å². The second-order valence-electron chi connectivity index (χ2n) is 4.83. The summed E-state index contributed by atoms with van der Waals surface area (Å²) in [6.45, 7) is 1.60. The Hall–Kier alpha value is -1.72. The van der Waals surface area contributed by atoms with E-state index in [4.69, 9.17) is 0 Å². The standard InChI is InChI=1S/C15H16BrNO3/c1-15(9-18,10-6-11(19)8-12(20)7-10)17-14-5-3-2-4-13(14)16/h2-8,17-20H,9H2,1H3. The van der Waals surface area contributed by atoms with Crippen LogP contribution in [0.4, 0.5) is 5.69 Å². The molecule has 2 rings (SSSR count). The Bertz CT molecular complexity index is 598. The highest BCUT2D eigenvalue weighted by Gasteiger charge is 2.27. The molecule has 5 heteroatoms. The molecule has 0 saturated heterocycles. The number of benzene rings is 2. The van der Waals surface area contributed by atoms with Gasteiger partial charge in [-0.2, -0.15) is 0 Å². The van der Waals surface area contributed by atoms with Crippen molar-refractivity contribution in [3.05, 3.63) is 52.5 Å². The van der Waals surface area contributed by atoms with Crippen LogP contribution in [0.3, 0.4) is 0 Å². The summed E-state index contributed by atoms with van der Waals surface area (Å²) in [6.07, 6.45) is 0. The lowest BCUT2D eigenvalue weighted by Gasteiger charge is -2.31. The number of phenolic OH excluding ortho intramolecular Hbond substituents is 2. The molecule has 20 heavy (non-hydrogen) atoms. The highest BCUT2D eigenvalue weighted by molar-refractivity contribution is 9.10. The molecular weight excluding hydrogens is 322 g/mol. The molecule has 106 valence electrons. The minimum atomic E-state index is -0.833. The summed E-state index contributed by atoms with van der Waals surface area (Å²) < 4.78 is 0.865. The Morgan fingerprint density at radius 2 is 1.70 bits per heavy atom. The summed E-state index contributed by atoms with van der Waals surface area (Å²) >= 11 is 3.44. The average molecular weight is 338 g/mol. The molecule has 0 radical (unpaired) electrons. The van der Waals surface area contributed by atoms with Gasteiger partial charge < -0.3 is 20.6 Å². The number of aliphatic hydroxyl groups excluding tert-OH is 1. The lowest BCUT2D eigenvalue weighted by molar-refractivity contribution is 0.223. The molecule has 0 aromatic heterocycles. The fourth-order valence-electron chi connectivity index (χ4n) is 1.98. The zero-order valence-electron chi connectivity index (χ0n) is 11.0. The normalized spacial score (nSPS) is 13.8. The van der Waals surface area contributed by atoms with E-state index < -0.39 is 5.54 Å². The Labute approximate surface area is 125 Å². The summed E-state index contributed by atoms with van der Waals surface area (Å²) in [6, 6.07) is 11.8. The molecule has 0 aliphatic rings. The number of anilines is 1. The summed E-state index contributed by atoms with van der Waals surface area (Å²) in [5.74, 6) is -0.0952. The van der Waals surface area contributed by atoms with Crippen molar-refractivity contribution in [2.45, 2.75) is 12.5 Å². The Morgan fingerprint density at radius 1 is 1.10 bits per heavy atom. The molecule has 1 atom stereocenters. The first-order valence-electron chi connectivity index (χ1n) is 6.12. The number of rotatable bonds is 4. The van der Waals surface area contributed by atoms with Crippen LogP contribution in [-0.4, -0.2) is 21.9 Å². The second kappa shape index (κ2) is 5.73. The Kier molecular flexibility index (Phi) is 4.20. The molecular formula is C15H16BrNO3. The van der Waals surface area contributed by atoms with Crippen LogP contribution in [0.25, 0.3) is 0 Å². The van der Waals surface area contributed by atoms with E-state index in [0.717, 1.165) is 10.2 Å². The maximum absolute atomic E-state index is 9.73. The van der Waals surface area contributed by atoms with E-state index in [9.17, 15) is 15.3 Å². The molecule has 2 aromatic rings.